The molecular formula is C16H18FN5O4. The highest BCUT2D eigenvalue weighted by Gasteiger charge is 2.30. The van der Waals surface area contributed by atoms with Gasteiger partial charge in [-0.3, -0.25) is 14.9 Å². The first-order valence-corrected chi connectivity index (χ1v) is 8.01. The summed E-state index contributed by atoms with van der Waals surface area (Å²) in [5.74, 6) is -0.455. The average Bonchev–Trinajstić information content (AvgIpc) is 3.05. The highest BCUT2D eigenvalue weighted by atomic mass is 19.1. The molecular weight excluding hydrogens is 345 g/mol. The van der Waals surface area contributed by atoms with Crippen LogP contribution >= 0.6 is 0 Å². The summed E-state index contributed by atoms with van der Waals surface area (Å²) in [6, 6.07) is 2.95. The number of hydrogen-bond acceptors (Lipinski definition) is 6. The van der Waals surface area contributed by atoms with Crippen molar-refractivity contribution in [1.82, 2.24) is 19.8 Å². The molecule has 0 saturated carbocycles. The Morgan fingerprint density at radius 1 is 1.54 bits per heavy atom. The maximum absolute atomic E-state index is 13.6. The van der Waals surface area contributed by atoms with E-state index in [1.54, 1.807) is 11.1 Å². The molecule has 0 bridgehead atoms. The van der Waals surface area contributed by atoms with E-state index in [0.29, 0.717) is 19.6 Å². The summed E-state index contributed by atoms with van der Waals surface area (Å²) in [5.41, 5.74) is -0.638. The van der Waals surface area contributed by atoms with Crippen molar-refractivity contribution >= 4 is 11.6 Å². The maximum atomic E-state index is 13.6. The summed E-state index contributed by atoms with van der Waals surface area (Å²) in [4.78, 5) is 28.4. The second-order valence-electron chi connectivity index (χ2n) is 5.86. The van der Waals surface area contributed by atoms with E-state index in [1.165, 1.54) is 6.07 Å². The molecule has 1 fully saturated rings. The summed E-state index contributed by atoms with van der Waals surface area (Å²) in [6.45, 7) is 1.42. The van der Waals surface area contributed by atoms with E-state index in [-0.39, 0.29) is 24.3 Å². The van der Waals surface area contributed by atoms with Crippen LogP contribution in [0.3, 0.4) is 0 Å². The van der Waals surface area contributed by atoms with Gasteiger partial charge in [0, 0.05) is 51.2 Å². The number of piperazine rings is 1. The number of ether oxygens (including phenoxy) is 1. The van der Waals surface area contributed by atoms with E-state index in [0.717, 1.165) is 18.0 Å². The third-order valence-corrected chi connectivity index (χ3v) is 4.20. The second-order valence-corrected chi connectivity index (χ2v) is 5.86. The number of benzene rings is 1. The molecule has 1 aliphatic rings. The van der Waals surface area contributed by atoms with Crippen LogP contribution < -0.4 is 10.1 Å². The first-order chi connectivity index (χ1) is 12.5. The number of aromatic nitrogens is 2. The van der Waals surface area contributed by atoms with Gasteiger partial charge in [0.05, 0.1) is 4.92 Å². The van der Waals surface area contributed by atoms with Crippen LogP contribution in [0, 0.1) is 15.9 Å². The molecule has 0 radical (unpaired) electrons. The normalized spacial score (nSPS) is 17.2. The van der Waals surface area contributed by atoms with Gasteiger partial charge in [-0.2, -0.15) is 4.39 Å². The lowest BCUT2D eigenvalue weighted by Gasteiger charge is -2.35. The zero-order valence-corrected chi connectivity index (χ0v) is 14.1. The number of nitro groups is 1. The lowest BCUT2D eigenvalue weighted by molar-refractivity contribution is -0.387. The Kier molecular flexibility index (Phi) is 5.12. The lowest BCUT2D eigenvalue weighted by atomic mass is 10.1. The van der Waals surface area contributed by atoms with Crippen LogP contribution in [0.15, 0.2) is 30.6 Å². The Hall–Kier alpha value is -3.01. The van der Waals surface area contributed by atoms with E-state index in [1.807, 2.05) is 17.8 Å². The molecule has 1 aromatic carbocycles. The summed E-state index contributed by atoms with van der Waals surface area (Å²) in [6.07, 6.45) is 3.48. The van der Waals surface area contributed by atoms with Crippen LogP contribution in [0.4, 0.5) is 10.1 Å². The summed E-state index contributed by atoms with van der Waals surface area (Å²) in [5, 5.41) is 13.9. The number of imidazole rings is 1. The van der Waals surface area contributed by atoms with Crippen molar-refractivity contribution < 1.29 is 18.8 Å². The van der Waals surface area contributed by atoms with Crippen molar-refractivity contribution in [3.05, 3.63) is 52.3 Å². The first-order valence-electron chi connectivity index (χ1n) is 8.01. The van der Waals surface area contributed by atoms with Gasteiger partial charge in [-0.05, 0) is 6.07 Å². The molecule has 1 atom stereocenters. The van der Waals surface area contributed by atoms with Gasteiger partial charge >= 0.3 is 5.69 Å². The number of hydrogen-bond donors (Lipinski definition) is 1. The van der Waals surface area contributed by atoms with E-state index >= 15 is 0 Å². The fourth-order valence-electron chi connectivity index (χ4n) is 2.89. The quantitative estimate of drug-likeness (QED) is 0.628. The van der Waals surface area contributed by atoms with E-state index in [4.69, 9.17) is 4.74 Å². The third kappa shape index (κ3) is 3.64. The molecule has 26 heavy (non-hydrogen) atoms. The van der Waals surface area contributed by atoms with Gasteiger partial charge in [0.1, 0.15) is 17.6 Å². The monoisotopic (exact) mass is 363 g/mol. The summed E-state index contributed by atoms with van der Waals surface area (Å²) < 4.78 is 20.8. The summed E-state index contributed by atoms with van der Waals surface area (Å²) >= 11 is 0. The number of nitrogens with zero attached hydrogens (tertiary/aromatic N) is 4. The standard InChI is InChI=1S/C16H18FN5O4/c1-20-6-5-19-16(20)14-9-18-4-7-21(14)15(23)10-26-11-2-3-13(22(24)25)12(17)8-11/h2-3,5-6,8,14,18H,4,7,9-10H2,1H3. The smallest absolute Gasteiger partial charge is 0.305 e. The average molecular weight is 363 g/mol. The SMILES string of the molecule is Cn1ccnc1C1CNCCN1C(=O)COc1ccc([N+](=O)[O-])c(F)c1. The predicted octanol–water partition coefficient (Wildman–Crippen LogP) is 1.02. The minimum atomic E-state index is -1.01. The summed E-state index contributed by atoms with van der Waals surface area (Å²) in [7, 11) is 1.86. The first kappa shape index (κ1) is 17.8. The number of amides is 1. The van der Waals surface area contributed by atoms with Gasteiger partial charge in [-0.25, -0.2) is 4.98 Å². The highest BCUT2D eigenvalue weighted by molar-refractivity contribution is 5.78. The minimum Gasteiger partial charge on any atom is -0.484 e. The Bertz CT molecular complexity index is 825. The number of carbonyl (C=O) groups is 1. The van der Waals surface area contributed by atoms with Crippen molar-refractivity contribution in [2.45, 2.75) is 6.04 Å². The van der Waals surface area contributed by atoms with Crippen molar-refractivity contribution in [3.63, 3.8) is 0 Å². The highest BCUT2D eigenvalue weighted by Crippen LogP contribution is 2.23. The third-order valence-electron chi connectivity index (χ3n) is 4.20. The molecule has 2 heterocycles. The molecule has 1 unspecified atom stereocenters. The second kappa shape index (κ2) is 7.48. The van der Waals surface area contributed by atoms with Crippen LogP contribution in [0.1, 0.15) is 11.9 Å². The van der Waals surface area contributed by atoms with Crippen LogP contribution in [0.2, 0.25) is 0 Å². The zero-order valence-electron chi connectivity index (χ0n) is 14.1. The molecule has 1 amide bonds. The number of nitrogens with one attached hydrogen (secondary N) is 1. The number of aryl methyl sites for hydroxylation is 1. The fourth-order valence-corrected chi connectivity index (χ4v) is 2.89. The molecule has 1 aliphatic heterocycles. The molecule has 138 valence electrons. The largest absolute Gasteiger partial charge is 0.484 e. The molecule has 10 heteroatoms. The van der Waals surface area contributed by atoms with E-state index in [9.17, 15) is 19.3 Å². The number of rotatable bonds is 5. The van der Waals surface area contributed by atoms with Crippen LogP contribution in [-0.4, -0.2) is 51.5 Å². The molecule has 1 N–H and O–H groups in total. The van der Waals surface area contributed by atoms with Crippen LogP contribution in [0.25, 0.3) is 0 Å². The molecule has 2 aromatic rings. The van der Waals surface area contributed by atoms with E-state index in [2.05, 4.69) is 10.3 Å². The van der Waals surface area contributed by atoms with Gasteiger partial charge in [0.25, 0.3) is 5.91 Å². The Labute approximate surface area is 148 Å². The van der Waals surface area contributed by atoms with Gasteiger partial charge in [-0.15, -0.1) is 0 Å². The van der Waals surface area contributed by atoms with Gasteiger partial charge in [0.2, 0.25) is 5.82 Å². The molecule has 0 spiro atoms. The molecule has 9 nitrogen and oxygen atoms in total. The van der Waals surface area contributed by atoms with Crippen molar-refractivity contribution in [1.29, 1.82) is 0 Å². The minimum absolute atomic E-state index is 0.0603. The Balaban J connectivity index is 1.68. The topological polar surface area (TPSA) is 103 Å². The van der Waals surface area contributed by atoms with Gasteiger partial charge in [-0.1, -0.05) is 0 Å². The van der Waals surface area contributed by atoms with Crippen molar-refractivity contribution in [3.8, 4) is 5.75 Å². The van der Waals surface area contributed by atoms with Crippen molar-refractivity contribution in [2.24, 2.45) is 7.05 Å². The number of carbonyl (C=O) groups excluding carboxylic acids is 1. The van der Waals surface area contributed by atoms with Crippen LogP contribution in [0.5, 0.6) is 5.75 Å². The van der Waals surface area contributed by atoms with Gasteiger partial charge in [0.15, 0.2) is 6.61 Å². The zero-order chi connectivity index (χ0) is 18.7. The van der Waals surface area contributed by atoms with Crippen LogP contribution in [-0.2, 0) is 11.8 Å². The Morgan fingerprint density at radius 2 is 2.35 bits per heavy atom. The van der Waals surface area contributed by atoms with Gasteiger partial charge < -0.3 is 19.5 Å². The molecule has 1 aromatic heterocycles. The maximum Gasteiger partial charge on any atom is 0.305 e. The molecule has 3 rings (SSSR count). The molecule has 1 saturated heterocycles. The predicted molar refractivity (Wildman–Crippen MR) is 89.1 cm³/mol. The fraction of sp³-hybridized carbons (Fsp3) is 0.375. The number of nitro benzene ring substituents is 1. The lowest BCUT2D eigenvalue weighted by Crippen LogP contribution is -2.50. The molecule has 0 aliphatic carbocycles. The van der Waals surface area contributed by atoms with Crippen molar-refractivity contribution in [2.75, 3.05) is 26.2 Å². The van der Waals surface area contributed by atoms with E-state index < -0.39 is 16.4 Å². The number of halogens is 1. The Morgan fingerprint density at radius 3 is 3.00 bits per heavy atom.